The Hall–Kier alpha value is -1.12. The molecular weight excluding hydrogens is 220 g/mol. The van der Waals surface area contributed by atoms with Gasteiger partial charge in [-0.15, -0.1) is 13.2 Å². The standard InChI is InChI=1S/C16H26N2/c1-5-7-13(3)11-15-16(18-10-9-17-15)12-14(4)8-6-2/h5-6,11-12,15-18H,1-2,7-10H2,3-4H3/b13-11+,14-12+/t15-,16-/m1/s1. The molecule has 0 bridgehead atoms. The summed E-state index contributed by atoms with van der Waals surface area (Å²) in [4.78, 5) is 0. The van der Waals surface area contributed by atoms with Crippen LogP contribution in [0.15, 0.2) is 48.6 Å². The van der Waals surface area contributed by atoms with Crippen molar-refractivity contribution in [1.29, 1.82) is 0 Å². The van der Waals surface area contributed by atoms with E-state index in [4.69, 9.17) is 0 Å². The van der Waals surface area contributed by atoms with Crippen molar-refractivity contribution in [2.24, 2.45) is 0 Å². The highest BCUT2D eigenvalue weighted by molar-refractivity contribution is 5.18. The van der Waals surface area contributed by atoms with Gasteiger partial charge >= 0.3 is 0 Å². The molecule has 0 spiro atoms. The molecule has 18 heavy (non-hydrogen) atoms. The average molecular weight is 246 g/mol. The second-order valence-corrected chi connectivity index (χ2v) is 4.97. The fourth-order valence-electron chi connectivity index (χ4n) is 2.26. The number of allylic oxidation sites excluding steroid dienone is 4. The van der Waals surface area contributed by atoms with E-state index in [1.165, 1.54) is 11.1 Å². The summed E-state index contributed by atoms with van der Waals surface area (Å²) in [5, 5.41) is 7.12. The average Bonchev–Trinajstić information content (AvgIpc) is 2.32. The van der Waals surface area contributed by atoms with Gasteiger partial charge in [0.2, 0.25) is 0 Å². The van der Waals surface area contributed by atoms with E-state index in [0.717, 1.165) is 25.9 Å². The van der Waals surface area contributed by atoms with Crippen molar-refractivity contribution in [3.63, 3.8) is 0 Å². The third-order valence-electron chi connectivity index (χ3n) is 3.13. The highest BCUT2D eigenvalue weighted by Gasteiger charge is 2.20. The van der Waals surface area contributed by atoms with Crippen LogP contribution < -0.4 is 10.6 Å². The van der Waals surface area contributed by atoms with Crippen molar-refractivity contribution < 1.29 is 0 Å². The molecule has 1 aliphatic heterocycles. The van der Waals surface area contributed by atoms with E-state index in [-0.39, 0.29) is 0 Å². The molecular formula is C16H26N2. The minimum Gasteiger partial charge on any atom is -0.308 e. The predicted octanol–water partition coefficient (Wildman–Crippen LogP) is 2.96. The maximum Gasteiger partial charge on any atom is 0.0445 e. The van der Waals surface area contributed by atoms with Gasteiger partial charge in [-0.2, -0.15) is 0 Å². The van der Waals surface area contributed by atoms with Gasteiger partial charge in [0.05, 0.1) is 0 Å². The molecule has 2 atom stereocenters. The molecule has 2 N–H and O–H groups in total. The Labute approximate surface area is 112 Å². The van der Waals surface area contributed by atoms with Crippen LogP contribution >= 0.6 is 0 Å². The third-order valence-corrected chi connectivity index (χ3v) is 3.13. The van der Waals surface area contributed by atoms with E-state index in [2.05, 4.69) is 49.8 Å². The van der Waals surface area contributed by atoms with Gasteiger partial charge < -0.3 is 10.6 Å². The van der Waals surface area contributed by atoms with E-state index in [1.807, 2.05) is 12.2 Å². The highest BCUT2D eigenvalue weighted by atomic mass is 15.1. The van der Waals surface area contributed by atoms with Crippen LogP contribution in [0.5, 0.6) is 0 Å². The van der Waals surface area contributed by atoms with Crippen LogP contribution in [0.25, 0.3) is 0 Å². The predicted molar refractivity (Wildman–Crippen MR) is 80.7 cm³/mol. The van der Waals surface area contributed by atoms with E-state index < -0.39 is 0 Å². The van der Waals surface area contributed by atoms with Crippen LogP contribution in [0.2, 0.25) is 0 Å². The van der Waals surface area contributed by atoms with Gasteiger partial charge in [-0.05, 0) is 26.7 Å². The van der Waals surface area contributed by atoms with Gasteiger partial charge in [0.25, 0.3) is 0 Å². The molecule has 2 nitrogen and oxygen atoms in total. The fraction of sp³-hybridized carbons (Fsp3) is 0.500. The zero-order valence-corrected chi connectivity index (χ0v) is 11.7. The van der Waals surface area contributed by atoms with Gasteiger partial charge in [0, 0.05) is 25.2 Å². The SMILES string of the molecule is C=CC/C(C)=C/[C@H]1NCCN[C@@H]1/C=C(\C)CC=C. The molecule has 0 radical (unpaired) electrons. The van der Waals surface area contributed by atoms with Crippen LogP contribution in [-0.4, -0.2) is 25.2 Å². The van der Waals surface area contributed by atoms with Crippen LogP contribution in [0, 0.1) is 0 Å². The van der Waals surface area contributed by atoms with Crippen molar-refractivity contribution in [3.05, 3.63) is 48.6 Å². The molecule has 0 aromatic rings. The van der Waals surface area contributed by atoms with Crippen molar-refractivity contribution in [2.75, 3.05) is 13.1 Å². The summed E-state index contributed by atoms with van der Waals surface area (Å²) in [5.74, 6) is 0. The molecule has 2 heteroatoms. The monoisotopic (exact) mass is 246 g/mol. The molecule has 0 amide bonds. The smallest absolute Gasteiger partial charge is 0.0445 e. The summed E-state index contributed by atoms with van der Waals surface area (Å²) in [7, 11) is 0. The molecule has 1 saturated heterocycles. The van der Waals surface area contributed by atoms with Crippen LogP contribution in [0.4, 0.5) is 0 Å². The van der Waals surface area contributed by atoms with Crippen molar-refractivity contribution in [2.45, 2.75) is 38.8 Å². The lowest BCUT2D eigenvalue weighted by Crippen LogP contribution is -2.54. The summed E-state index contributed by atoms with van der Waals surface area (Å²) in [6.45, 7) is 13.9. The minimum atomic E-state index is 0.374. The zero-order valence-electron chi connectivity index (χ0n) is 11.7. The lowest BCUT2D eigenvalue weighted by Gasteiger charge is -2.31. The molecule has 1 aliphatic rings. The maximum absolute atomic E-state index is 3.79. The lowest BCUT2D eigenvalue weighted by atomic mass is 9.99. The first-order chi connectivity index (χ1) is 8.67. The Kier molecular flexibility index (Phi) is 6.69. The Morgan fingerprint density at radius 1 is 0.944 bits per heavy atom. The zero-order chi connectivity index (χ0) is 13.4. The second kappa shape index (κ2) is 8.06. The Morgan fingerprint density at radius 3 is 1.67 bits per heavy atom. The first-order valence-electron chi connectivity index (χ1n) is 6.70. The summed E-state index contributed by atoms with van der Waals surface area (Å²) < 4.78 is 0. The van der Waals surface area contributed by atoms with Gasteiger partial charge in [-0.1, -0.05) is 35.5 Å². The van der Waals surface area contributed by atoms with E-state index in [9.17, 15) is 0 Å². The third kappa shape index (κ3) is 5.03. The summed E-state index contributed by atoms with van der Waals surface area (Å²) in [6.07, 6.45) is 10.5. The Morgan fingerprint density at radius 2 is 1.33 bits per heavy atom. The number of piperazine rings is 1. The molecule has 100 valence electrons. The number of hydrogen-bond acceptors (Lipinski definition) is 2. The van der Waals surface area contributed by atoms with Crippen LogP contribution in [0.1, 0.15) is 26.7 Å². The molecule has 0 aliphatic carbocycles. The van der Waals surface area contributed by atoms with Gasteiger partial charge in [0.15, 0.2) is 0 Å². The summed E-state index contributed by atoms with van der Waals surface area (Å²) in [5.41, 5.74) is 2.73. The van der Waals surface area contributed by atoms with Crippen LogP contribution in [-0.2, 0) is 0 Å². The van der Waals surface area contributed by atoms with Crippen molar-refractivity contribution in [3.8, 4) is 0 Å². The molecule has 0 saturated carbocycles. The first-order valence-corrected chi connectivity index (χ1v) is 6.70. The number of hydrogen-bond donors (Lipinski definition) is 2. The fourth-order valence-corrected chi connectivity index (χ4v) is 2.26. The lowest BCUT2D eigenvalue weighted by molar-refractivity contribution is 0.407. The van der Waals surface area contributed by atoms with Gasteiger partial charge in [0.1, 0.15) is 0 Å². The quantitative estimate of drug-likeness (QED) is 0.704. The second-order valence-electron chi connectivity index (χ2n) is 4.97. The Balaban J connectivity index is 2.73. The van der Waals surface area contributed by atoms with Crippen LogP contribution in [0.3, 0.4) is 0 Å². The highest BCUT2D eigenvalue weighted by Crippen LogP contribution is 2.11. The number of rotatable bonds is 6. The molecule has 1 fully saturated rings. The van der Waals surface area contributed by atoms with Gasteiger partial charge in [-0.3, -0.25) is 0 Å². The summed E-state index contributed by atoms with van der Waals surface area (Å²) >= 11 is 0. The largest absolute Gasteiger partial charge is 0.308 e. The van der Waals surface area contributed by atoms with Crippen molar-refractivity contribution in [1.82, 2.24) is 10.6 Å². The van der Waals surface area contributed by atoms with Crippen molar-refractivity contribution >= 4 is 0 Å². The topological polar surface area (TPSA) is 24.1 Å². The molecule has 0 aromatic carbocycles. The molecule has 0 aromatic heterocycles. The minimum absolute atomic E-state index is 0.374. The maximum atomic E-state index is 3.79. The Bertz CT molecular complexity index is 305. The van der Waals surface area contributed by atoms with Gasteiger partial charge in [-0.25, -0.2) is 0 Å². The number of nitrogens with one attached hydrogen (secondary N) is 2. The van der Waals surface area contributed by atoms with E-state index in [1.54, 1.807) is 0 Å². The first kappa shape index (κ1) is 14.9. The summed E-state index contributed by atoms with van der Waals surface area (Å²) in [6, 6.07) is 0.747. The molecule has 1 heterocycles. The van der Waals surface area contributed by atoms with E-state index in [0.29, 0.717) is 12.1 Å². The molecule has 0 unspecified atom stereocenters. The normalized spacial score (nSPS) is 25.9. The van der Waals surface area contributed by atoms with E-state index >= 15 is 0 Å². The molecule has 1 rings (SSSR count).